The molecule has 1 atom stereocenters. The number of carbonyl (C=O) groups is 2. The first-order valence-corrected chi connectivity index (χ1v) is 7.28. The average Bonchev–Trinajstić information content (AvgIpc) is 2.23. The third-order valence-electron chi connectivity index (χ3n) is 2.87. The molecule has 1 aliphatic heterocycles. The number of hydrogen-bond donors (Lipinski definition) is 1. The molecular formula is C10H18N2O4S. The van der Waals surface area contributed by atoms with Crippen molar-refractivity contribution in [2.24, 2.45) is 5.73 Å². The molecule has 1 saturated heterocycles. The van der Waals surface area contributed by atoms with Gasteiger partial charge < -0.3 is 5.73 Å². The first-order valence-electron chi connectivity index (χ1n) is 5.57. The van der Waals surface area contributed by atoms with Gasteiger partial charge in [0.05, 0.1) is 17.0 Å². The molecule has 0 aliphatic carbocycles. The Morgan fingerprint density at radius 3 is 2.53 bits per heavy atom. The Kier molecular flexibility index (Phi) is 4.26. The van der Waals surface area contributed by atoms with E-state index in [1.807, 2.05) is 0 Å². The molecule has 2 N–H and O–H groups in total. The number of rotatable bonds is 4. The molecule has 1 heterocycles. The lowest BCUT2D eigenvalue weighted by molar-refractivity contribution is -0.148. The van der Waals surface area contributed by atoms with Crippen LogP contribution in [-0.4, -0.2) is 48.7 Å². The molecule has 7 heteroatoms. The summed E-state index contributed by atoms with van der Waals surface area (Å²) in [6.07, 6.45) is 0.541. The summed E-state index contributed by atoms with van der Waals surface area (Å²) in [5.74, 6) is -1.01. The Bertz CT molecular complexity index is 416. The van der Waals surface area contributed by atoms with Gasteiger partial charge in [-0.05, 0) is 20.3 Å². The second-order valence-electron chi connectivity index (χ2n) is 4.44. The van der Waals surface area contributed by atoms with Gasteiger partial charge in [-0.2, -0.15) is 0 Å². The minimum absolute atomic E-state index is 0.0914. The van der Waals surface area contributed by atoms with Crippen LogP contribution in [0.2, 0.25) is 0 Å². The van der Waals surface area contributed by atoms with Gasteiger partial charge >= 0.3 is 0 Å². The quantitative estimate of drug-likeness (QED) is 0.675. The predicted octanol–water partition coefficient (Wildman–Crippen LogP) is -0.714. The maximum atomic E-state index is 11.6. The summed E-state index contributed by atoms with van der Waals surface area (Å²) in [5, 5.41) is -0.508. The highest BCUT2D eigenvalue weighted by Gasteiger charge is 2.32. The van der Waals surface area contributed by atoms with Crippen LogP contribution in [-0.2, 0) is 19.4 Å². The van der Waals surface area contributed by atoms with Crippen LogP contribution in [0.5, 0.6) is 0 Å². The van der Waals surface area contributed by atoms with Crippen LogP contribution in [0.15, 0.2) is 0 Å². The van der Waals surface area contributed by atoms with Crippen molar-refractivity contribution in [1.82, 2.24) is 4.90 Å². The topological polar surface area (TPSA) is 97.5 Å². The fourth-order valence-electron chi connectivity index (χ4n) is 1.55. The smallest absolute Gasteiger partial charge is 0.246 e. The van der Waals surface area contributed by atoms with Gasteiger partial charge in [-0.15, -0.1) is 0 Å². The van der Waals surface area contributed by atoms with Crippen molar-refractivity contribution in [2.45, 2.75) is 38.0 Å². The van der Waals surface area contributed by atoms with Crippen molar-refractivity contribution < 1.29 is 18.0 Å². The van der Waals surface area contributed by atoms with Gasteiger partial charge in [-0.25, -0.2) is 8.42 Å². The molecule has 17 heavy (non-hydrogen) atoms. The van der Waals surface area contributed by atoms with Gasteiger partial charge in [0, 0.05) is 13.0 Å². The molecule has 2 amide bonds. The highest BCUT2D eigenvalue weighted by molar-refractivity contribution is 7.92. The van der Waals surface area contributed by atoms with Crippen molar-refractivity contribution in [3.8, 4) is 0 Å². The van der Waals surface area contributed by atoms with Crippen molar-refractivity contribution in [3.05, 3.63) is 0 Å². The summed E-state index contributed by atoms with van der Waals surface area (Å²) in [6, 6.07) is -0.686. The van der Waals surface area contributed by atoms with Gasteiger partial charge in [0.25, 0.3) is 0 Å². The van der Waals surface area contributed by atoms with E-state index in [0.29, 0.717) is 6.42 Å². The summed E-state index contributed by atoms with van der Waals surface area (Å²) in [7, 11) is -3.25. The van der Waals surface area contributed by atoms with E-state index >= 15 is 0 Å². The second-order valence-corrected chi connectivity index (χ2v) is 7.12. The molecule has 1 rings (SSSR count). The molecular weight excluding hydrogens is 244 g/mol. The first kappa shape index (κ1) is 14.1. The molecule has 0 saturated carbocycles. The lowest BCUT2D eigenvalue weighted by atomic mass is 10.1. The van der Waals surface area contributed by atoms with E-state index in [2.05, 4.69) is 0 Å². The zero-order valence-electron chi connectivity index (χ0n) is 10.0. The molecule has 0 spiro atoms. The van der Waals surface area contributed by atoms with Gasteiger partial charge in [-0.1, -0.05) is 0 Å². The first-order chi connectivity index (χ1) is 7.75. The van der Waals surface area contributed by atoms with E-state index in [4.69, 9.17) is 5.73 Å². The van der Waals surface area contributed by atoms with Crippen LogP contribution in [0.1, 0.15) is 26.7 Å². The van der Waals surface area contributed by atoms with Gasteiger partial charge in [0.2, 0.25) is 11.8 Å². The maximum Gasteiger partial charge on any atom is 0.246 e. The van der Waals surface area contributed by atoms with Crippen LogP contribution in [0, 0.1) is 0 Å². The van der Waals surface area contributed by atoms with E-state index in [-0.39, 0.29) is 24.6 Å². The minimum atomic E-state index is -3.25. The third-order valence-corrected chi connectivity index (χ3v) is 5.06. The number of sulfone groups is 1. The normalized spacial score (nSPS) is 22.4. The molecule has 0 aromatic rings. The number of nitrogens with two attached hydrogens (primary N) is 1. The molecule has 1 unspecified atom stereocenters. The van der Waals surface area contributed by atoms with Gasteiger partial charge in [-0.3, -0.25) is 14.5 Å². The predicted molar refractivity (Wildman–Crippen MR) is 62.9 cm³/mol. The summed E-state index contributed by atoms with van der Waals surface area (Å²) < 4.78 is 23.2. The molecule has 6 nitrogen and oxygen atoms in total. The summed E-state index contributed by atoms with van der Waals surface area (Å²) in [4.78, 5) is 24.1. The van der Waals surface area contributed by atoms with Crippen LogP contribution in [0.3, 0.4) is 0 Å². The van der Waals surface area contributed by atoms with E-state index in [0.717, 1.165) is 4.90 Å². The Labute approximate surface area is 101 Å². The number of nitrogens with zero attached hydrogens (tertiary/aromatic N) is 1. The molecule has 0 bridgehead atoms. The van der Waals surface area contributed by atoms with E-state index in [1.165, 1.54) is 0 Å². The largest absolute Gasteiger partial charge is 0.320 e. The maximum absolute atomic E-state index is 11.6. The SMILES string of the molecule is CC(C)S(=O)(=O)CCN1C(=O)CCC(N)C1=O. The lowest BCUT2D eigenvalue weighted by Gasteiger charge is -2.28. The molecule has 1 fully saturated rings. The second kappa shape index (κ2) is 5.14. The van der Waals surface area contributed by atoms with Crippen molar-refractivity contribution in [1.29, 1.82) is 0 Å². The van der Waals surface area contributed by atoms with Crippen LogP contribution in [0.4, 0.5) is 0 Å². The van der Waals surface area contributed by atoms with E-state index < -0.39 is 27.0 Å². The summed E-state index contributed by atoms with van der Waals surface area (Å²) in [5.41, 5.74) is 5.54. The number of amides is 2. The van der Waals surface area contributed by atoms with Crippen LogP contribution in [0.25, 0.3) is 0 Å². The molecule has 98 valence electrons. The van der Waals surface area contributed by atoms with E-state index in [1.54, 1.807) is 13.8 Å². The van der Waals surface area contributed by atoms with Gasteiger partial charge in [0.1, 0.15) is 0 Å². The number of carbonyl (C=O) groups excluding carboxylic acids is 2. The van der Waals surface area contributed by atoms with Crippen molar-refractivity contribution >= 4 is 21.7 Å². The summed E-state index contributed by atoms with van der Waals surface area (Å²) >= 11 is 0. The van der Waals surface area contributed by atoms with Crippen molar-refractivity contribution in [3.63, 3.8) is 0 Å². The van der Waals surface area contributed by atoms with Crippen molar-refractivity contribution in [2.75, 3.05) is 12.3 Å². The van der Waals surface area contributed by atoms with E-state index in [9.17, 15) is 18.0 Å². The lowest BCUT2D eigenvalue weighted by Crippen LogP contribution is -2.52. The van der Waals surface area contributed by atoms with Crippen LogP contribution < -0.4 is 5.73 Å². The molecule has 0 aromatic heterocycles. The number of piperidine rings is 1. The number of hydrogen-bond acceptors (Lipinski definition) is 5. The number of imide groups is 1. The zero-order valence-corrected chi connectivity index (χ0v) is 10.9. The molecule has 0 radical (unpaired) electrons. The Hall–Kier alpha value is -0.950. The van der Waals surface area contributed by atoms with Crippen LogP contribution >= 0.6 is 0 Å². The third kappa shape index (κ3) is 3.26. The highest BCUT2D eigenvalue weighted by atomic mass is 32.2. The molecule has 0 aromatic carbocycles. The number of likely N-dealkylation sites (tertiary alicyclic amines) is 1. The summed E-state index contributed by atoms with van der Waals surface area (Å²) in [6.45, 7) is 3.05. The Morgan fingerprint density at radius 2 is 2.00 bits per heavy atom. The fraction of sp³-hybridized carbons (Fsp3) is 0.800. The fourth-order valence-corrected chi connectivity index (χ4v) is 2.46. The zero-order chi connectivity index (χ0) is 13.2. The standard InChI is InChI=1S/C10H18N2O4S/c1-7(2)17(15,16)6-5-12-9(13)4-3-8(11)10(12)14/h7-8H,3-6,11H2,1-2H3. The minimum Gasteiger partial charge on any atom is -0.320 e. The van der Waals surface area contributed by atoms with Gasteiger partial charge in [0.15, 0.2) is 9.84 Å². The average molecular weight is 262 g/mol. The Balaban J connectivity index is 2.68. The molecule has 1 aliphatic rings. The Morgan fingerprint density at radius 1 is 1.41 bits per heavy atom. The highest BCUT2D eigenvalue weighted by Crippen LogP contribution is 2.12. The monoisotopic (exact) mass is 262 g/mol.